The second kappa shape index (κ2) is 7.43. The minimum atomic E-state index is 0.164. The van der Waals surface area contributed by atoms with Crippen LogP contribution in [0.3, 0.4) is 0 Å². The average Bonchev–Trinajstić information content (AvgIpc) is 2.33. The Balaban J connectivity index is 2.41. The maximum atomic E-state index is 5.42. The zero-order valence-electron chi connectivity index (χ0n) is 12.7. The van der Waals surface area contributed by atoms with Crippen LogP contribution in [0.4, 0.5) is 0 Å². The van der Waals surface area contributed by atoms with Gasteiger partial charge in [0.15, 0.2) is 0 Å². The van der Waals surface area contributed by atoms with E-state index in [0.717, 1.165) is 39.1 Å². The summed E-state index contributed by atoms with van der Waals surface area (Å²) in [7, 11) is 3.60. The Kier molecular flexibility index (Phi) is 6.57. The molecule has 1 heterocycles. The summed E-state index contributed by atoms with van der Waals surface area (Å²) in [6.07, 6.45) is 2.71. The van der Waals surface area contributed by atoms with Crippen molar-refractivity contribution in [3.8, 4) is 0 Å². The maximum Gasteiger partial charge on any atom is 0.0630 e. The maximum absolute atomic E-state index is 5.42. The molecule has 4 nitrogen and oxygen atoms in total. The molecule has 0 amide bonds. The molecule has 0 radical (unpaired) electrons. The molecule has 1 unspecified atom stereocenters. The summed E-state index contributed by atoms with van der Waals surface area (Å²) in [5.41, 5.74) is 0.164. The molecule has 1 N–H and O–H groups in total. The van der Waals surface area contributed by atoms with Crippen molar-refractivity contribution in [2.24, 2.45) is 0 Å². The summed E-state index contributed by atoms with van der Waals surface area (Å²) in [5.74, 6) is 0. The van der Waals surface area contributed by atoms with Crippen LogP contribution in [0, 0.1) is 0 Å². The number of piperidine rings is 1. The molecule has 0 aromatic rings. The Morgan fingerprint density at radius 3 is 2.28 bits per heavy atom. The van der Waals surface area contributed by atoms with Crippen LogP contribution in [0.2, 0.25) is 0 Å². The molecule has 0 bridgehead atoms. The van der Waals surface area contributed by atoms with Gasteiger partial charge < -0.3 is 14.8 Å². The van der Waals surface area contributed by atoms with Gasteiger partial charge in [-0.05, 0) is 33.6 Å². The number of methoxy groups -OCH3 is 2. The monoisotopic (exact) mass is 258 g/mol. The molecule has 18 heavy (non-hydrogen) atoms. The lowest BCUT2D eigenvalue weighted by atomic mass is 10.0. The van der Waals surface area contributed by atoms with E-state index >= 15 is 0 Å². The lowest BCUT2D eigenvalue weighted by Gasteiger charge is -2.38. The molecule has 1 aliphatic heterocycles. The highest BCUT2D eigenvalue weighted by Gasteiger charge is 2.25. The van der Waals surface area contributed by atoms with Crippen LogP contribution in [-0.4, -0.2) is 63.0 Å². The van der Waals surface area contributed by atoms with Gasteiger partial charge in [0, 0.05) is 45.4 Å². The van der Waals surface area contributed by atoms with Crippen LogP contribution in [0.15, 0.2) is 0 Å². The number of hydrogen-bond donors (Lipinski definition) is 1. The van der Waals surface area contributed by atoms with E-state index < -0.39 is 0 Å². The molecule has 1 atom stereocenters. The Labute approximate surface area is 112 Å². The largest absolute Gasteiger partial charge is 0.383 e. The fraction of sp³-hybridized carbons (Fsp3) is 1.00. The first-order chi connectivity index (χ1) is 8.46. The van der Waals surface area contributed by atoms with Gasteiger partial charge in [0.2, 0.25) is 0 Å². The Morgan fingerprint density at radius 1 is 1.22 bits per heavy atom. The van der Waals surface area contributed by atoms with Gasteiger partial charge in [0.25, 0.3) is 0 Å². The summed E-state index contributed by atoms with van der Waals surface area (Å²) in [4.78, 5) is 2.53. The standard InChI is InChI=1S/C14H30N2O2/c1-14(2,3)15-10-12(11-17-4)16-8-6-13(18-5)7-9-16/h12-13,15H,6-11H2,1-5H3. The second-order valence-corrected chi connectivity index (χ2v) is 6.21. The zero-order chi connectivity index (χ0) is 13.6. The van der Waals surface area contributed by atoms with E-state index in [1.165, 1.54) is 0 Å². The summed E-state index contributed by atoms with van der Waals surface area (Å²) < 4.78 is 10.8. The van der Waals surface area contributed by atoms with Crippen LogP contribution < -0.4 is 5.32 Å². The minimum Gasteiger partial charge on any atom is -0.383 e. The topological polar surface area (TPSA) is 33.7 Å². The molecule has 0 aliphatic carbocycles. The fourth-order valence-electron chi connectivity index (χ4n) is 2.39. The number of nitrogens with zero attached hydrogens (tertiary/aromatic N) is 1. The van der Waals surface area contributed by atoms with Crippen LogP contribution in [0.25, 0.3) is 0 Å². The highest BCUT2D eigenvalue weighted by molar-refractivity contribution is 4.82. The van der Waals surface area contributed by atoms with Crippen molar-refractivity contribution in [3.05, 3.63) is 0 Å². The van der Waals surface area contributed by atoms with Gasteiger partial charge in [0.05, 0.1) is 12.7 Å². The van der Waals surface area contributed by atoms with Crippen LogP contribution in [0.5, 0.6) is 0 Å². The third-order valence-electron chi connectivity index (χ3n) is 3.55. The Hall–Kier alpha value is -0.160. The quantitative estimate of drug-likeness (QED) is 0.783. The summed E-state index contributed by atoms with van der Waals surface area (Å²) >= 11 is 0. The van der Waals surface area contributed by atoms with E-state index in [0.29, 0.717) is 12.1 Å². The van der Waals surface area contributed by atoms with E-state index in [1.807, 2.05) is 7.11 Å². The van der Waals surface area contributed by atoms with Crippen LogP contribution in [0.1, 0.15) is 33.6 Å². The molecule has 0 aromatic carbocycles. The predicted molar refractivity (Wildman–Crippen MR) is 75.0 cm³/mol. The van der Waals surface area contributed by atoms with Crippen LogP contribution in [-0.2, 0) is 9.47 Å². The third kappa shape index (κ3) is 5.65. The fourth-order valence-corrected chi connectivity index (χ4v) is 2.39. The molecular formula is C14H30N2O2. The molecule has 1 saturated heterocycles. The normalized spacial score (nSPS) is 21.2. The first kappa shape index (κ1) is 15.9. The zero-order valence-corrected chi connectivity index (χ0v) is 12.7. The highest BCUT2D eigenvalue weighted by atomic mass is 16.5. The van der Waals surface area contributed by atoms with Gasteiger partial charge >= 0.3 is 0 Å². The van der Waals surface area contributed by atoms with Gasteiger partial charge in [-0.3, -0.25) is 4.90 Å². The first-order valence-corrected chi connectivity index (χ1v) is 6.97. The molecule has 108 valence electrons. The molecule has 1 rings (SSSR count). The molecule has 1 fully saturated rings. The third-order valence-corrected chi connectivity index (χ3v) is 3.55. The minimum absolute atomic E-state index is 0.164. The van der Waals surface area contributed by atoms with Gasteiger partial charge in [-0.15, -0.1) is 0 Å². The Bertz CT molecular complexity index is 220. The molecule has 1 aliphatic rings. The van der Waals surface area contributed by atoms with E-state index in [9.17, 15) is 0 Å². The van der Waals surface area contributed by atoms with Gasteiger partial charge in [-0.1, -0.05) is 0 Å². The highest BCUT2D eigenvalue weighted by Crippen LogP contribution is 2.15. The van der Waals surface area contributed by atoms with E-state index in [1.54, 1.807) is 7.11 Å². The van der Waals surface area contributed by atoms with Gasteiger partial charge in [0.1, 0.15) is 0 Å². The lowest BCUT2D eigenvalue weighted by molar-refractivity contribution is 0.00956. The number of ether oxygens (including phenoxy) is 2. The lowest BCUT2D eigenvalue weighted by Crippen LogP contribution is -2.52. The van der Waals surface area contributed by atoms with Crippen LogP contribution >= 0.6 is 0 Å². The Morgan fingerprint density at radius 2 is 1.83 bits per heavy atom. The van der Waals surface area contributed by atoms with E-state index in [2.05, 4.69) is 31.0 Å². The van der Waals surface area contributed by atoms with Crippen molar-refractivity contribution < 1.29 is 9.47 Å². The predicted octanol–water partition coefficient (Wildman–Crippen LogP) is 1.50. The van der Waals surface area contributed by atoms with Crippen molar-refractivity contribution in [3.63, 3.8) is 0 Å². The van der Waals surface area contributed by atoms with E-state index in [4.69, 9.17) is 9.47 Å². The number of rotatable bonds is 6. The smallest absolute Gasteiger partial charge is 0.0630 e. The summed E-state index contributed by atoms with van der Waals surface area (Å²) in [6, 6.07) is 0.465. The van der Waals surface area contributed by atoms with Crippen molar-refractivity contribution in [2.75, 3.05) is 40.5 Å². The molecule has 4 heteroatoms. The first-order valence-electron chi connectivity index (χ1n) is 6.97. The summed E-state index contributed by atoms with van der Waals surface area (Å²) in [6.45, 7) is 10.6. The average molecular weight is 258 g/mol. The van der Waals surface area contributed by atoms with Crippen molar-refractivity contribution in [1.82, 2.24) is 10.2 Å². The molecule has 0 aromatic heterocycles. The number of likely N-dealkylation sites (tertiary alicyclic amines) is 1. The van der Waals surface area contributed by atoms with Crippen molar-refractivity contribution in [2.45, 2.75) is 51.3 Å². The van der Waals surface area contributed by atoms with Crippen molar-refractivity contribution in [1.29, 1.82) is 0 Å². The number of hydrogen-bond acceptors (Lipinski definition) is 4. The van der Waals surface area contributed by atoms with Gasteiger partial charge in [-0.25, -0.2) is 0 Å². The van der Waals surface area contributed by atoms with Gasteiger partial charge in [-0.2, -0.15) is 0 Å². The van der Waals surface area contributed by atoms with E-state index in [-0.39, 0.29) is 5.54 Å². The molecule has 0 spiro atoms. The summed E-state index contributed by atoms with van der Waals surface area (Å²) in [5, 5.41) is 3.58. The molecule has 0 saturated carbocycles. The SMILES string of the molecule is COCC(CNC(C)(C)C)N1CCC(OC)CC1. The van der Waals surface area contributed by atoms with Crippen molar-refractivity contribution >= 4 is 0 Å². The number of nitrogens with one attached hydrogen (secondary N) is 1. The molecular weight excluding hydrogens is 228 g/mol. The second-order valence-electron chi connectivity index (χ2n) is 6.21.